The molecule has 0 aliphatic heterocycles. The van der Waals surface area contributed by atoms with Gasteiger partial charge in [-0.3, -0.25) is 4.90 Å². The fourth-order valence-electron chi connectivity index (χ4n) is 1.52. The zero-order chi connectivity index (χ0) is 9.56. The van der Waals surface area contributed by atoms with Gasteiger partial charge in [0.1, 0.15) is 0 Å². The Balaban J connectivity index is 0. The Morgan fingerprint density at radius 1 is 1.00 bits per heavy atom. The molecule has 1 nitrogen and oxygen atoms in total. The molecule has 0 amide bonds. The highest BCUT2D eigenvalue weighted by molar-refractivity contribution is 7.80. The first-order valence-electron chi connectivity index (χ1n) is 4.96. The van der Waals surface area contributed by atoms with E-state index < -0.39 is 0 Å². The molecule has 0 aliphatic carbocycles. The van der Waals surface area contributed by atoms with Gasteiger partial charge in [-0.25, -0.2) is 0 Å². The van der Waals surface area contributed by atoms with E-state index in [1.54, 1.807) is 0 Å². The van der Waals surface area contributed by atoms with E-state index in [1.807, 2.05) is 0 Å². The van der Waals surface area contributed by atoms with Crippen molar-refractivity contribution in [3.05, 3.63) is 0 Å². The molecule has 0 rings (SSSR count). The van der Waals surface area contributed by atoms with Crippen LogP contribution in [0.4, 0.5) is 0 Å². The zero-order valence-corrected chi connectivity index (χ0v) is 11.0. The Morgan fingerprint density at radius 3 is 1.77 bits per heavy atom. The van der Waals surface area contributed by atoms with E-state index in [4.69, 9.17) is 0 Å². The van der Waals surface area contributed by atoms with Crippen LogP contribution in [0.3, 0.4) is 0 Å². The van der Waals surface area contributed by atoms with Crippen molar-refractivity contribution in [2.24, 2.45) is 0 Å². The number of hydrogen-bond donors (Lipinski definition) is 1. The number of thiol groups is 1. The fourth-order valence-corrected chi connectivity index (χ4v) is 1.74. The summed E-state index contributed by atoms with van der Waals surface area (Å²) in [5, 5.41) is 0. The van der Waals surface area contributed by atoms with Gasteiger partial charge < -0.3 is 0 Å². The summed E-state index contributed by atoms with van der Waals surface area (Å²) < 4.78 is 0. The number of rotatable bonds is 6. The van der Waals surface area contributed by atoms with Crippen molar-refractivity contribution in [3.8, 4) is 0 Å². The quantitative estimate of drug-likeness (QED) is 0.537. The molecular weight excluding hydrogens is 202 g/mol. The summed E-state index contributed by atoms with van der Waals surface area (Å²) in [5.74, 6) is 1.02. The maximum atomic E-state index is 4.21. The van der Waals surface area contributed by atoms with Gasteiger partial charge in [0.25, 0.3) is 0 Å². The van der Waals surface area contributed by atoms with Gasteiger partial charge in [0.05, 0.1) is 0 Å². The molecule has 0 radical (unpaired) electrons. The Bertz CT molecular complexity index is 99.1. The van der Waals surface area contributed by atoms with E-state index in [1.165, 1.54) is 19.4 Å². The minimum Gasteiger partial charge on any atom is -0.299 e. The minimum atomic E-state index is 0. The molecule has 0 bridgehead atoms. The van der Waals surface area contributed by atoms with Gasteiger partial charge in [-0.2, -0.15) is 12.6 Å². The third-order valence-electron chi connectivity index (χ3n) is 2.15. The molecule has 0 aromatic carbocycles. The van der Waals surface area contributed by atoms with Crippen LogP contribution in [0.2, 0.25) is 0 Å². The average molecular weight is 226 g/mol. The van der Waals surface area contributed by atoms with E-state index in [2.05, 4.69) is 45.2 Å². The van der Waals surface area contributed by atoms with Crippen molar-refractivity contribution in [1.29, 1.82) is 0 Å². The molecule has 0 unspecified atom stereocenters. The van der Waals surface area contributed by atoms with Crippen molar-refractivity contribution >= 4 is 25.0 Å². The molecule has 0 N–H and O–H groups in total. The highest BCUT2D eigenvalue weighted by atomic mass is 35.5. The largest absolute Gasteiger partial charge is 0.299 e. The molecule has 0 aromatic rings. The van der Waals surface area contributed by atoms with Crippen molar-refractivity contribution in [2.75, 3.05) is 12.3 Å². The molecule has 0 saturated heterocycles. The van der Waals surface area contributed by atoms with Crippen LogP contribution >= 0.6 is 25.0 Å². The molecule has 0 spiro atoms. The van der Waals surface area contributed by atoms with E-state index in [0.29, 0.717) is 12.1 Å². The standard InChI is InChI=1S/C10H23NS.ClH/c1-9(2)11(10(3)4)7-5-6-8-12;/h9-10,12H,5-8H2,1-4H3;1H. The first kappa shape index (κ1) is 16.0. The third-order valence-corrected chi connectivity index (χ3v) is 2.47. The van der Waals surface area contributed by atoms with Gasteiger partial charge in [-0.05, 0) is 52.8 Å². The van der Waals surface area contributed by atoms with Crippen LogP contribution in [0.5, 0.6) is 0 Å². The first-order valence-corrected chi connectivity index (χ1v) is 5.59. The smallest absolute Gasteiger partial charge is 0.00412 e. The fraction of sp³-hybridized carbons (Fsp3) is 1.00. The van der Waals surface area contributed by atoms with Crippen molar-refractivity contribution in [2.45, 2.75) is 52.6 Å². The Morgan fingerprint density at radius 2 is 1.46 bits per heavy atom. The summed E-state index contributed by atoms with van der Waals surface area (Å²) in [6.45, 7) is 10.3. The lowest BCUT2D eigenvalue weighted by Gasteiger charge is -2.30. The van der Waals surface area contributed by atoms with Crippen LogP contribution in [0.1, 0.15) is 40.5 Å². The van der Waals surface area contributed by atoms with E-state index in [-0.39, 0.29) is 12.4 Å². The molecule has 3 heteroatoms. The molecule has 82 valence electrons. The van der Waals surface area contributed by atoms with Gasteiger partial charge in [0, 0.05) is 12.1 Å². The molecule has 0 saturated carbocycles. The lowest BCUT2D eigenvalue weighted by molar-refractivity contribution is 0.173. The van der Waals surface area contributed by atoms with Gasteiger partial charge in [-0.15, -0.1) is 12.4 Å². The summed E-state index contributed by atoms with van der Waals surface area (Å²) in [6, 6.07) is 1.34. The second kappa shape index (κ2) is 9.17. The van der Waals surface area contributed by atoms with Crippen LogP contribution in [0.25, 0.3) is 0 Å². The molecule has 13 heavy (non-hydrogen) atoms. The van der Waals surface area contributed by atoms with Crippen LogP contribution in [0, 0.1) is 0 Å². The molecule has 0 aliphatic rings. The maximum Gasteiger partial charge on any atom is 0.00412 e. The summed E-state index contributed by atoms with van der Waals surface area (Å²) in [6.07, 6.45) is 2.51. The molecular formula is C10H24ClNS. The number of hydrogen-bond acceptors (Lipinski definition) is 2. The lowest BCUT2D eigenvalue weighted by atomic mass is 10.2. The monoisotopic (exact) mass is 225 g/mol. The lowest BCUT2D eigenvalue weighted by Crippen LogP contribution is -2.37. The Hall–Kier alpha value is 0.600. The third kappa shape index (κ3) is 7.65. The van der Waals surface area contributed by atoms with Crippen molar-refractivity contribution in [3.63, 3.8) is 0 Å². The Kier molecular flexibility index (Phi) is 11.3. The molecule has 0 atom stereocenters. The minimum absolute atomic E-state index is 0. The first-order chi connectivity index (χ1) is 5.59. The van der Waals surface area contributed by atoms with Crippen LogP contribution in [-0.4, -0.2) is 29.3 Å². The molecule has 0 fully saturated rings. The number of unbranched alkanes of at least 4 members (excludes halogenated alkanes) is 1. The van der Waals surface area contributed by atoms with Crippen molar-refractivity contribution < 1.29 is 0 Å². The van der Waals surface area contributed by atoms with E-state index in [0.717, 1.165) is 5.75 Å². The average Bonchev–Trinajstić information content (AvgIpc) is 1.96. The predicted molar refractivity (Wildman–Crippen MR) is 67.3 cm³/mol. The van der Waals surface area contributed by atoms with Gasteiger partial charge in [-0.1, -0.05) is 0 Å². The Labute approximate surface area is 95.1 Å². The van der Waals surface area contributed by atoms with E-state index in [9.17, 15) is 0 Å². The predicted octanol–water partition coefficient (Wildman–Crippen LogP) is 3.24. The second-order valence-electron chi connectivity index (χ2n) is 3.86. The molecule has 0 aromatic heterocycles. The highest BCUT2D eigenvalue weighted by Gasteiger charge is 2.11. The van der Waals surface area contributed by atoms with Gasteiger partial charge >= 0.3 is 0 Å². The van der Waals surface area contributed by atoms with Crippen LogP contribution < -0.4 is 0 Å². The zero-order valence-electron chi connectivity index (χ0n) is 9.29. The topological polar surface area (TPSA) is 3.24 Å². The van der Waals surface area contributed by atoms with Gasteiger partial charge in [0.15, 0.2) is 0 Å². The van der Waals surface area contributed by atoms with Crippen molar-refractivity contribution in [1.82, 2.24) is 4.90 Å². The van der Waals surface area contributed by atoms with Crippen LogP contribution in [0.15, 0.2) is 0 Å². The number of nitrogens with zero attached hydrogens (tertiary/aromatic N) is 1. The second-order valence-corrected chi connectivity index (χ2v) is 4.30. The summed E-state index contributed by atoms with van der Waals surface area (Å²) in [7, 11) is 0. The van der Waals surface area contributed by atoms with Gasteiger partial charge in [0.2, 0.25) is 0 Å². The number of halogens is 1. The van der Waals surface area contributed by atoms with E-state index >= 15 is 0 Å². The van der Waals surface area contributed by atoms with Crippen LogP contribution in [-0.2, 0) is 0 Å². The highest BCUT2D eigenvalue weighted by Crippen LogP contribution is 2.06. The molecule has 0 heterocycles. The normalized spacial score (nSPS) is 11.1. The summed E-state index contributed by atoms with van der Waals surface area (Å²) in [5.41, 5.74) is 0. The maximum absolute atomic E-state index is 4.21. The SMILES string of the molecule is CC(C)N(CCCCS)C(C)C.Cl. The summed E-state index contributed by atoms with van der Waals surface area (Å²) >= 11 is 4.21. The summed E-state index contributed by atoms with van der Waals surface area (Å²) in [4.78, 5) is 2.53.